The molecule has 34 heavy (non-hydrogen) atoms. The Morgan fingerprint density at radius 2 is 1.00 bits per heavy atom. The minimum Gasteiger partial charge on any atom is -0.661 e. The van der Waals surface area contributed by atoms with Gasteiger partial charge in [0.15, 0.2) is 0 Å². The summed E-state index contributed by atoms with van der Waals surface area (Å²) >= 11 is 0. The maximum absolute atomic E-state index is 5.37. The number of hydrogen-bond acceptors (Lipinski definition) is 0. The van der Waals surface area contributed by atoms with Gasteiger partial charge in [0.1, 0.15) is 0 Å². The maximum atomic E-state index is 5.37. The van der Waals surface area contributed by atoms with Crippen molar-refractivity contribution in [3.63, 3.8) is 0 Å². The molecule has 3 rings (SSSR count). The monoisotopic (exact) mass is 568 g/mol. The molecule has 184 valence electrons. The number of rotatable bonds is 4. The number of nitrogens with zero attached hydrogens (tertiary/aromatic N) is 2. The van der Waals surface area contributed by atoms with Crippen molar-refractivity contribution in [2.24, 2.45) is 0 Å². The van der Waals surface area contributed by atoms with Crippen LogP contribution in [-0.2, 0) is 26.2 Å². The molecule has 0 fully saturated rings. The van der Waals surface area contributed by atoms with Crippen LogP contribution < -0.4 is 0 Å². The van der Waals surface area contributed by atoms with Crippen LogP contribution in [0.25, 0.3) is 9.96 Å². The Balaban J connectivity index is 0.000000618. The third kappa shape index (κ3) is 8.59. The van der Waals surface area contributed by atoms with E-state index in [1.807, 2.05) is 30.3 Å². The SMILES string of the molecule is C[C-]1C([Si](C)(C)[N-]C(C)(C)C)c2ccccc2C1[Si](C)(C)[N-]C(C)(C)C.[CH2-]c1ccccc1.[Zr+4]. The van der Waals surface area contributed by atoms with Crippen molar-refractivity contribution < 1.29 is 26.2 Å². The molecule has 0 saturated carbocycles. The van der Waals surface area contributed by atoms with E-state index in [0.717, 1.165) is 5.56 Å². The second kappa shape index (κ2) is 11.7. The molecule has 0 amide bonds. The van der Waals surface area contributed by atoms with Crippen LogP contribution in [0, 0.1) is 12.8 Å². The molecule has 2 atom stereocenters. The van der Waals surface area contributed by atoms with E-state index in [-0.39, 0.29) is 37.3 Å². The number of hydrogen-bond donors (Lipinski definition) is 0. The fourth-order valence-corrected chi connectivity index (χ4v) is 14.4. The van der Waals surface area contributed by atoms with Crippen LogP contribution in [0.4, 0.5) is 0 Å². The molecular weight excluding hydrogens is 524 g/mol. The number of benzene rings is 2. The van der Waals surface area contributed by atoms with E-state index < -0.39 is 16.5 Å². The van der Waals surface area contributed by atoms with E-state index >= 15 is 0 Å². The summed E-state index contributed by atoms with van der Waals surface area (Å²) in [5.41, 5.74) is 5.18. The Bertz CT molecular complexity index is 843. The van der Waals surface area contributed by atoms with E-state index in [9.17, 15) is 0 Å². The Morgan fingerprint density at radius 3 is 1.26 bits per heavy atom. The zero-order chi connectivity index (χ0) is 25.2. The van der Waals surface area contributed by atoms with Gasteiger partial charge in [-0.15, -0.1) is 23.2 Å². The van der Waals surface area contributed by atoms with Gasteiger partial charge in [-0.3, -0.25) is 0 Å². The number of fused-ring (bicyclic) bond motifs is 1. The standard InChI is InChI=1S/C22H39N2Si2.C7H7.Zr/c1-16-19(25(8,9)23-21(2,3)4)17-14-12-13-15-18(17)20(16)26(10,11)24-22(5,6)7;1-7-5-3-2-4-6-7;/h12-15,19-20H,1-11H3;2-6H,1H2;/q-3;-1;+4. The summed E-state index contributed by atoms with van der Waals surface area (Å²) < 4.78 is 0. The second-order valence-corrected chi connectivity index (χ2v) is 20.8. The minimum absolute atomic E-state index is 0. The molecule has 0 bridgehead atoms. The molecule has 1 aliphatic rings. The Kier molecular flexibility index (Phi) is 10.9. The van der Waals surface area contributed by atoms with Crippen LogP contribution in [0.3, 0.4) is 0 Å². The Hall–Kier alpha value is -0.453. The summed E-state index contributed by atoms with van der Waals surface area (Å²) in [5, 5.41) is 0. The summed E-state index contributed by atoms with van der Waals surface area (Å²) in [5.74, 6) is 1.63. The first kappa shape index (κ1) is 31.6. The van der Waals surface area contributed by atoms with Crippen LogP contribution in [-0.4, -0.2) is 27.5 Å². The van der Waals surface area contributed by atoms with Gasteiger partial charge in [-0.1, -0.05) is 126 Å². The molecule has 0 aromatic heterocycles. The fourth-order valence-electron chi connectivity index (χ4n) is 5.91. The third-order valence-electron chi connectivity index (χ3n) is 6.03. The van der Waals surface area contributed by atoms with E-state index in [4.69, 9.17) is 9.96 Å². The van der Waals surface area contributed by atoms with Gasteiger partial charge >= 0.3 is 26.2 Å². The van der Waals surface area contributed by atoms with Gasteiger partial charge in [0.25, 0.3) is 0 Å². The van der Waals surface area contributed by atoms with E-state index in [1.165, 1.54) is 11.1 Å². The molecule has 2 aromatic carbocycles. The first-order valence-corrected chi connectivity index (χ1v) is 18.3. The van der Waals surface area contributed by atoms with Gasteiger partial charge < -0.3 is 15.9 Å². The molecule has 2 nitrogen and oxygen atoms in total. The Morgan fingerprint density at radius 1 is 0.676 bits per heavy atom. The van der Waals surface area contributed by atoms with E-state index in [0.29, 0.717) is 11.1 Å². The predicted molar refractivity (Wildman–Crippen MR) is 153 cm³/mol. The molecule has 0 spiro atoms. The second-order valence-electron chi connectivity index (χ2n) is 12.6. The molecular formula is C29H46N2Si2Zr. The Labute approximate surface area is 232 Å². The quantitative estimate of drug-likeness (QED) is 0.259. The molecule has 0 radical (unpaired) electrons. The zero-order valence-electron chi connectivity index (χ0n) is 23.5. The molecule has 2 aromatic rings. The molecule has 0 heterocycles. The van der Waals surface area contributed by atoms with Crippen molar-refractivity contribution in [2.75, 3.05) is 0 Å². The molecule has 5 heteroatoms. The van der Waals surface area contributed by atoms with Gasteiger partial charge in [0.2, 0.25) is 0 Å². The molecule has 2 unspecified atom stereocenters. The molecule has 0 N–H and O–H groups in total. The average molecular weight is 570 g/mol. The summed E-state index contributed by atoms with van der Waals surface area (Å²) in [6, 6.07) is 19.0. The largest absolute Gasteiger partial charge is 4.00 e. The van der Waals surface area contributed by atoms with E-state index in [2.05, 4.69) is 106 Å². The molecule has 0 saturated heterocycles. The first-order valence-electron chi connectivity index (χ1n) is 12.2. The van der Waals surface area contributed by atoms with Crippen molar-refractivity contribution in [2.45, 2.75) is 96.8 Å². The molecule has 1 aliphatic carbocycles. The summed E-state index contributed by atoms with van der Waals surface area (Å²) in [7, 11) is -3.66. The van der Waals surface area contributed by atoms with Crippen LogP contribution in [0.2, 0.25) is 26.2 Å². The van der Waals surface area contributed by atoms with Gasteiger partial charge in [0, 0.05) is 0 Å². The first-order chi connectivity index (χ1) is 14.9. The molecule has 0 aliphatic heterocycles. The summed E-state index contributed by atoms with van der Waals surface area (Å²) in [4.78, 5) is 10.7. The summed E-state index contributed by atoms with van der Waals surface area (Å²) in [6.45, 7) is 29.3. The van der Waals surface area contributed by atoms with E-state index in [1.54, 1.807) is 5.92 Å². The van der Waals surface area contributed by atoms with Crippen LogP contribution >= 0.6 is 0 Å². The fraction of sp³-hybridized carbons (Fsp3) is 0.517. The van der Waals surface area contributed by atoms with Gasteiger partial charge in [-0.25, -0.2) is 0 Å². The van der Waals surface area contributed by atoms with Gasteiger partial charge in [0.05, 0.1) is 0 Å². The minimum atomic E-state index is -1.83. The van der Waals surface area contributed by atoms with Crippen LogP contribution in [0.5, 0.6) is 0 Å². The van der Waals surface area contributed by atoms with Crippen molar-refractivity contribution in [1.29, 1.82) is 0 Å². The van der Waals surface area contributed by atoms with Crippen LogP contribution in [0.15, 0.2) is 54.6 Å². The predicted octanol–water partition coefficient (Wildman–Crippen LogP) is 9.16. The smallest absolute Gasteiger partial charge is 0.661 e. The van der Waals surface area contributed by atoms with Crippen molar-refractivity contribution in [3.8, 4) is 0 Å². The normalized spacial score (nSPS) is 19.0. The van der Waals surface area contributed by atoms with Crippen molar-refractivity contribution in [3.05, 3.63) is 94.1 Å². The topological polar surface area (TPSA) is 28.2 Å². The van der Waals surface area contributed by atoms with Crippen molar-refractivity contribution >= 4 is 16.5 Å². The van der Waals surface area contributed by atoms with Gasteiger partial charge in [-0.2, -0.15) is 42.6 Å². The third-order valence-corrected chi connectivity index (χ3v) is 12.9. The maximum Gasteiger partial charge on any atom is 4.00 e. The van der Waals surface area contributed by atoms with Crippen molar-refractivity contribution in [1.82, 2.24) is 0 Å². The van der Waals surface area contributed by atoms with Crippen LogP contribution in [0.1, 0.15) is 76.2 Å². The average Bonchev–Trinajstić information content (AvgIpc) is 2.92. The zero-order valence-corrected chi connectivity index (χ0v) is 27.9. The van der Waals surface area contributed by atoms with Gasteiger partial charge in [-0.05, 0) is 0 Å². The summed E-state index contributed by atoms with van der Waals surface area (Å²) in [6.07, 6.45) is 0.